The first kappa shape index (κ1) is 23.2. The molecule has 3 aliphatic rings. The van der Waals surface area contributed by atoms with E-state index in [4.69, 9.17) is 18.3 Å². The van der Waals surface area contributed by atoms with Gasteiger partial charge >= 0.3 is 7.82 Å². The molecular weight excluding hydrogens is 470 g/mol. The standard InChI is InChI=1S/C18H20FN2O9PS/c1-9-3-2-4-10-7-27-31(26,30-13(9)10)28-8-18(19)14(24)12(23)16(29-18)21-5-11(6-22)15(25)20-17(21)32/h2-6,12,14,16-17,23-24,32H,7-8H2,1H3,(H,20,25)/t12-,14+,16-,17?,18-,31?/m1/s1. The first-order valence-electron chi connectivity index (χ1n) is 9.40. The number of ether oxygens (including phenoxy) is 1. The van der Waals surface area contributed by atoms with Gasteiger partial charge in [-0.2, -0.15) is 0 Å². The van der Waals surface area contributed by atoms with E-state index in [0.717, 1.165) is 11.1 Å². The summed E-state index contributed by atoms with van der Waals surface area (Å²) in [6.07, 6.45) is -4.26. The number of aliphatic hydroxyl groups excluding tert-OH is 2. The molecule has 1 fully saturated rings. The van der Waals surface area contributed by atoms with Gasteiger partial charge in [-0.15, -0.1) is 12.6 Å². The zero-order valence-corrected chi connectivity index (χ0v) is 18.4. The summed E-state index contributed by atoms with van der Waals surface area (Å²) >= 11 is 4.10. The van der Waals surface area contributed by atoms with E-state index >= 15 is 4.39 Å². The largest absolute Gasteiger partial charge is 0.530 e. The molecule has 0 aliphatic carbocycles. The van der Waals surface area contributed by atoms with Crippen molar-refractivity contribution in [2.24, 2.45) is 0 Å². The quantitative estimate of drug-likeness (QED) is 0.199. The van der Waals surface area contributed by atoms with Crippen LogP contribution in [0.4, 0.5) is 4.39 Å². The molecule has 0 spiro atoms. The number of nitrogens with one attached hydrogen (secondary N) is 1. The second-order valence-electron chi connectivity index (χ2n) is 7.38. The normalized spacial score (nSPS) is 36.7. The van der Waals surface area contributed by atoms with Crippen LogP contribution >= 0.6 is 20.5 Å². The number of carbonyl (C=O) groups is 2. The molecule has 1 aromatic rings. The van der Waals surface area contributed by atoms with E-state index in [-0.39, 0.29) is 24.2 Å². The van der Waals surface area contributed by atoms with Crippen molar-refractivity contribution in [1.82, 2.24) is 10.2 Å². The SMILES string of the molecule is Cc1cccc2c1OP(=O)(OC[C@@]1(F)O[C@@H](N3C=C(C=O)C(=O)NC3S)[C@H](O)[C@@H]1O)OC2. The topological polar surface area (TPSA) is 144 Å². The zero-order chi connectivity index (χ0) is 23.3. The lowest BCUT2D eigenvalue weighted by atomic mass is 10.1. The molecule has 14 heteroatoms. The summed E-state index contributed by atoms with van der Waals surface area (Å²) in [6.45, 7) is 0.514. The Morgan fingerprint density at radius 1 is 1.47 bits per heavy atom. The zero-order valence-electron chi connectivity index (χ0n) is 16.6. The van der Waals surface area contributed by atoms with Crippen LogP contribution in [0, 0.1) is 6.92 Å². The lowest BCUT2D eigenvalue weighted by Crippen LogP contribution is -2.54. The number of amides is 1. The fraction of sp³-hybridized carbons (Fsp3) is 0.444. The molecule has 174 valence electrons. The fourth-order valence-electron chi connectivity index (χ4n) is 3.44. The van der Waals surface area contributed by atoms with Crippen LogP contribution in [0.2, 0.25) is 0 Å². The number of aldehydes is 1. The van der Waals surface area contributed by atoms with Crippen molar-refractivity contribution in [3.8, 4) is 5.75 Å². The van der Waals surface area contributed by atoms with Gasteiger partial charge in [0.2, 0.25) is 0 Å². The average Bonchev–Trinajstić information content (AvgIpc) is 2.98. The summed E-state index contributed by atoms with van der Waals surface area (Å²) in [5, 5.41) is 22.9. The van der Waals surface area contributed by atoms with Crippen LogP contribution in [-0.4, -0.2) is 63.7 Å². The molecule has 11 nitrogen and oxygen atoms in total. The molecule has 3 aliphatic heterocycles. The maximum absolute atomic E-state index is 15.4. The minimum absolute atomic E-state index is 0.101. The summed E-state index contributed by atoms with van der Waals surface area (Å²) in [4.78, 5) is 23.8. The molecule has 0 saturated carbocycles. The number of aliphatic hydroxyl groups is 2. The summed E-state index contributed by atoms with van der Waals surface area (Å²) < 4.78 is 49.0. The fourth-order valence-corrected chi connectivity index (χ4v) is 5.06. The van der Waals surface area contributed by atoms with Crippen LogP contribution in [0.5, 0.6) is 5.75 Å². The number of hydrogen-bond donors (Lipinski definition) is 4. The van der Waals surface area contributed by atoms with E-state index in [1.807, 2.05) is 0 Å². The number of para-hydroxylation sites is 1. The Morgan fingerprint density at radius 2 is 2.22 bits per heavy atom. The van der Waals surface area contributed by atoms with Gasteiger partial charge in [0.05, 0.1) is 12.2 Å². The van der Waals surface area contributed by atoms with Gasteiger partial charge < -0.3 is 29.7 Å². The Kier molecular flexibility index (Phi) is 6.09. The average molecular weight is 490 g/mol. The van der Waals surface area contributed by atoms with Gasteiger partial charge in [0.25, 0.3) is 11.8 Å². The highest BCUT2D eigenvalue weighted by atomic mass is 32.1. The predicted octanol–water partition coefficient (Wildman–Crippen LogP) is 0.501. The van der Waals surface area contributed by atoms with E-state index in [0.29, 0.717) is 11.1 Å². The number of thiol groups is 1. The van der Waals surface area contributed by atoms with E-state index in [9.17, 15) is 24.4 Å². The third-order valence-corrected chi connectivity index (χ3v) is 6.87. The molecule has 1 amide bonds. The Morgan fingerprint density at radius 3 is 2.94 bits per heavy atom. The number of alkyl halides is 1. The smallest absolute Gasteiger partial charge is 0.403 e. The first-order valence-corrected chi connectivity index (χ1v) is 11.4. The van der Waals surface area contributed by atoms with Gasteiger partial charge in [-0.1, -0.05) is 18.2 Å². The van der Waals surface area contributed by atoms with Crippen LogP contribution < -0.4 is 9.84 Å². The number of aryl methyl sites for hydroxylation is 1. The third kappa shape index (κ3) is 4.05. The lowest BCUT2D eigenvalue weighted by Gasteiger charge is -2.37. The van der Waals surface area contributed by atoms with Crippen molar-refractivity contribution in [3.63, 3.8) is 0 Å². The van der Waals surface area contributed by atoms with Gasteiger partial charge in [0, 0.05) is 11.8 Å². The Balaban J connectivity index is 1.49. The monoisotopic (exact) mass is 490 g/mol. The molecule has 32 heavy (non-hydrogen) atoms. The molecule has 4 rings (SSSR count). The second-order valence-corrected chi connectivity index (χ2v) is 9.46. The van der Waals surface area contributed by atoms with Crippen LogP contribution in [0.3, 0.4) is 0 Å². The van der Waals surface area contributed by atoms with Crippen molar-refractivity contribution in [2.75, 3.05) is 6.61 Å². The van der Waals surface area contributed by atoms with E-state index in [1.54, 1.807) is 25.1 Å². The minimum Gasteiger partial charge on any atom is -0.403 e. The van der Waals surface area contributed by atoms with Gasteiger partial charge in [0.1, 0.15) is 30.1 Å². The van der Waals surface area contributed by atoms with Crippen molar-refractivity contribution < 1.29 is 47.1 Å². The maximum Gasteiger partial charge on any atom is 0.530 e. The summed E-state index contributed by atoms with van der Waals surface area (Å²) in [5.41, 5.74) is -0.116. The van der Waals surface area contributed by atoms with Crippen LogP contribution in [0.15, 0.2) is 30.0 Å². The highest BCUT2D eigenvalue weighted by molar-refractivity contribution is 7.80. The molecule has 1 saturated heterocycles. The summed E-state index contributed by atoms with van der Waals surface area (Å²) in [5.74, 6) is -3.46. The number of benzene rings is 1. The number of carbonyl (C=O) groups excluding carboxylic acids is 2. The molecule has 3 heterocycles. The van der Waals surface area contributed by atoms with E-state index < -0.39 is 50.1 Å². The Bertz CT molecular complexity index is 1030. The maximum atomic E-state index is 15.4. The van der Waals surface area contributed by atoms with Gasteiger partial charge in [0.15, 0.2) is 12.5 Å². The first-order chi connectivity index (χ1) is 15.1. The minimum atomic E-state index is -4.26. The number of phosphoric acid groups is 1. The van der Waals surface area contributed by atoms with Gasteiger partial charge in [-0.05, 0) is 12.5 Å². The Hall–Kier alpha value is -1.99. The van der Waals surface area contributed by atoms with Crippen LogP contribution in [-0.2, 0) is 34.5 Å². The number of phosphoric ester groups is 1. The third-order valence-electron chi connectivity index (χ3n) is 5.18. The number of halogens is 1. The number of hydrogen-bond acceptors (Lipinski definition) is 11. The van der Waals surface area contributed by atoms with Crippen molar-refractivity contribution in [3.05, 3.63) is 41.1 Å². The molecule has 0 aromatic heterocycles. The van der Waals surface area contributed by atoms with E-state index in [1.165, 1.54) is 0 Å². The summed E-state index contributed by atoms with van der Waals surface area (Å²) in [6, 6.07) is 5.20. The van der Waals surface area contributed by atoms with Gasteiger partial charge in [-0.3, -0.25) is 18.6 Å². The highest BCUT2D eigenvalue weighted by Crippen LogP contribution is 2.56. The van der Waals surface area contributed by atoms with Crippen LogP contribution in [0.1, 0.15) is 11.1 Å². The molecule has 2 unspecified atom stereocenters. The molecule has 3 N–H and O–H groups in total. The number of rotatable bonds is 5. The van der Waals surface area contributed by atoms with E-state index in [2.05, 4.69) is 17.9 Å². The number of fused-ring (bicyclic) bond motifs is 1. The molecule has 6 atom stereocenters. The number of nitrogens with zero attached hydrogens (tertiary/aromatic N) is 1. The van der Waals surface area contributed by atoms with Crippen molar-refractivity contribution >= 4 is 32.6 Å². The van der Waals surface area contributed by atoms with Crippen molar-refractivity contribution in [2.45, 2.75) is 43.3 Å². The molecule has 1 aromatic carbocycles. The predicted molar refractivity (Wildman–Crippen MR) is 108 cm³/mol. The molecule has 0 bridgehead atoms. The summed E-state index contributed by atoms with van der Waals surface area (Å²) in [7, 11) is -4.26. The highest BCUT2D eigenvalue weighted by Gasteiger charge is 2.59. The second kappa shape index (κ2) is 8.41. The molecule has 0 radical (unpaired) electrons. The Labute approximate surface area is 187 Å². The van der Waals surface area contributed by atoms with Crippen LogP contribution in [0.25, 0.3) is 0 Å². The van der Waals surface area contributed by atoms with Crippen molar-refractivity contribution in [1.29, 1.82) is 0 Å². The van der Waals surface area contributed by atoms with Gasteiger partial charge in [-0.25, -0.2) is 8.96 Å². The lowest BCUT2D eigenvalue weighted by molar-refractivity contribution is -0.212. The molecular formula is C18H20FN2O9PS.